The third-order valence-electron chi connectivity index (χ3n) is 3.73. The van der Waals surface area contributed by atoms with Crippen molar-refractivity contribution >= 4 is 51.1 Å². The lowest BCUT2D eigenvalue weighted by atomic mass is 10.1. The molecule has 2 aromatic rings. The van der Waals surface area contributed by atoms with Crippen molar-refractivity contribution in [2.75, 3.05) is 7.11 Å². The van der Waals surface area contributed by atoms with Gasteiger partial charge < -0.3 is 13.8 Å². The van der Waals surface area contributed by atoms with Crippen LogP contribution in [-0.2, 0) is 19.8 Å². The van der Waals surface area contributed by atoms with Crippen LogP contribution in [-0.4, -0.2) is 27.2 Å². The summed E-state index contributed by atoms with van der Waals surface area (Å²) in [5.74, 6) is -0.711. The van der Waals surface area contributed by atoms with Crippen molar-refractivity contribution in [2.24, 2.45) is 5.16 Å². The Hall–Kier alpha value is -2.55. The highest BCUT2D eigenvalue weighted by Crippen LogP contribution is 2.39. The molecule has 0 saturated heterocycles. The van der Waals surface area contributed by atoms with Crippen LogP contribution in [0, 0.1) is 0 Å². The highest BCUT2D eigenvalue weighted by Gasteiger charge is 2.24. The van der Waals surface area contributed by atoms with Crippen LogP contribution in [0.1, 0.15) is 12.5 Å². The molecule has 0 aromatic heterocycles. The van der Waals surface area contributed by atoms with E-state index in [9.17, 15) is 13.2 Å². The molecule has 0 saturated carbocycles. The van der Waals surface area contributed by atoms with E-state index < -0.39 is 16.1 Å². The number of hydrogen-bond donors (Lipinski definition) is 0. The fourth-order valence-electron chi connectivity index (χ4n) is 2.35. The van der Waals surface area contributed by atoms with E-state index in [0.717, 1.165) is 0 Å². The number of nitrogens with zero attached hydrogens (tertiary/aromatic N) is 1. The van der Waals surface area contributed by atoms with E-state index in [1.54, 1.807) is 6.92 Å². The highest BCUT2D eigenvalue weighted by molar-refractivity contribution is 7.87. The van der Waals surface area contributed by atoms with Gasteiger partial charge in [0.15, 0.2) is 5.75 Å². The normalized spacial score (nSPS) is 15.4. The van der Waals surface area contributed by atoms with Crippen LogP contribution in [0.2, 0.25) is 10.0 Å². The van der Waals surface area contributed by atoms with E-state index >= 15 is 0 Å². The van der Waals surface area contributed by atoms with Crippen molar-refractivity contribution < 1.29 is 27.0 Å². The Bertz CT molecular complexity index is 1110. The molecule has 1 heterocycles. The molecule has 0 radical (unpaired) electrons. The molecular weight excluding hydrogens is 429 g/mol. The number of ether oxygens (including phenoxy) is 1. The van der Waals surface area contributed by atoms with Gasteiger partial charge in [-0.3, -0.25) is 0 Å². The van der Waals surface area contributed by atoms with E-state index in [0.29, 0.717) is 16.3 Å². The maximum atomic E-state index is 12.5. The summed E-state index contributed by atoms with van der Waals surface area (Å²) in [5.41, 5.74) is 1.13. The zero-order valence-corrected chi connectivity index (χ0v) is 16.9. The first kappa shape index (κ1) is 20.2. The number of halogens is 2. The molecule has 0 atom stereocenters. The maximum absolute atomic E-state index is 12.5. The quantitative estimate of drug-likeness (QED) is 0.394. The van der Waals surface area contributed by atoms with E-state index in [4.69, 9.17) is 32.1 Å². The van der Waals surface area contributed by atoms with Gasteiger partial charge in [0.25, 0.3) is 0 Å². The summed E-state index contributed by atoms with van der Waals surface area (Å²) in [6.45, 7) is 1.62. The number of carbonyl (C=O) groups is 1. The SMILES string of the molecule is COc1cc(/C=C2\C(=O)ON=C2C)cc(Cl)c1OS(=O)(=O)c1ccc(Cl)cc1. The van der Waals surface area contributed by atoms with Crippen LogP contribution < -0.4 is 8.92 Å². The minimum absolute atomic E-state index is 0.0234. The molecule has 0 unspecified atom stereocenters. The summed E-state index contributed by atoms with van der Waals surface area (Å²) < 4.78 is 35.4. The van der Waals surface area contributed by atoms with Gasteiger partial charge >= 0.3 is 16.1 Å². The summed E-state index contributed by atoms with van der Waals surface area (Å²) in [6, 6.07) is 8.38. The number of carbonyl (C=O) groups excluding carboxylic acids is 1. The third kappa shape index (κ3) is 4.14. The zero-order valence-electron chi connectivity index (χ0n) is 14.6. The molecule has 28 heavy (non-hydrogen) atoms. The van der Waals surface area contributed by atoms with Gasteiger partial charge in [0.05, 0.1) is 23.4 Å². The van der Waals surface area contributed by atoms with Crippen LogP contribution in [0.3, 0.4) is 0 Å². The average Bonchev–Trinajstić information content (AvgIpc) is 2.96. The van der Waals surface area contributed by atoms with Crippen LogP contribution in [0.25, 0.3) is 6.08 Å². The summed E-state index contributed by atoms with van der Waals surface area (Å²) in [4.78, 5) is 16.2. The molecule has 1 aliphatic rings. The van der Waals surface area contributed by atoms with Gasteiger partial charge in [-0.05, 0) is 55.0 Å². The number of oxime groups is 1. The van der Waals surface area contributed by atoms with Crippen molar-refractivity contribution in [2.45, 2.75) is 11.8 Å². The smallest absolute Gasteiger partial charge is 0.367 e. The van der Waals surface area contributed by atoms with Gasteiger partial charge in [0, 0.05) is 5.02 Å². The molecule has 1 aliphatic heterocycles. The Morgan fingerprint density at radius 3 is 2.39 bits per heavy atom. The third-order valence-corrected chi connectivity index (χ3v) is 5.50. The van der Waals surface area contributed by atoms with Gasteiger partial charge in [-0.2, -0.15) is 8.42 Å². The van der Waals surface area contributed by atoms with Crippen LogP contribution in [0.15, 0.2) is 52.0 Å². The standard InChI is InChI=1S/C18H13Cl2NO6S/c1-10-14(18(22)26-21-10)7-11-8-15(20)17(16(9-11)25-2)27-28(23,24)13-5-3-12(19)4-6-13/h3-9H,1-2H3/b14-7-. The molecule has 0 spiro atoms. The summed E-state index contributed by atoms with van der Waals surface area (Å²) in [5, 5.41) is 3.95. The van der Waals surface area contributed by atoms with E-state index in [1.807, 2.05) is 0 Å². The van der Waals surface area contributed by atoms with Crippen molar-refractivity contribution in [3.05, 3.63) is 57.6 Å². The van der Waals surface area contributed by atoms with E-state index in [1.165, 1.54) is 49.6 Å². The van der Waals surface area contributed by atoms with Gasteiger partial charge in [-0.1, -0.05) is 28.4 Å². The molecule has 0 amide bonds. The van der Waals surface area contributed by atoms with Crippen LogP contribution in [0.5, 0.6) is 11.5 Å². The molecule has 0 bridgehead atoms. The lowest BCUT2D eigenvalue weighted by molar-refractivity contribution is -0.136. The molecule has 3 rings (SSSR count). The Morgan fingerprint density at radius 1 is 1.14 bits per heavy atom. The average molecular weight is 442 g/mol. The minimum atomic E-state index is -4.17. The molecule has 0 fully saturated rings. The maximum Gasteiger partial charge on any atom is 0.367 e. The molecule has 146 valence electrons. The van der Waals surface area contributed by atoms with Crippen molar-refractivity contribution in [3.63, 3.8) is 0 Å². The summed E-state index contributed by atoms with van der Waals surface area (Å²) in [6.07, 6.45) is 1.50. The first-order chi connectivity index (χ1) is 13.2. The summed E-state index contributed by atoms with van der Waals surface area (Å²) >= 11 is 12.0. The summed E-state index contributed by atoms with van der Waals surface area (Å²) in [7, 11) is -2.84. The second kappa shape index (κ2) is 7.83. The number of methoxy groups -OCH3 is 1. The topological polar surface area (TPSA) is 91.3 Å². The molecule has 0 aliphatic carbocycles. The van der Waals surface area contributed by atoms with E-state index in [2.05, 4.69) is 9.99 Å². The Morgan fingerprint density at radius 2 is 1.82 bits per heavy atom. The monoisotopic (exact) mass is 441 g/mol. The van der Waals surface area contributed by atoms with Crippen molar-refractivity contribution in [1.82, 2.24) is 0 Å². The molecule has 0 N–H and O–H groups in total. The minimum Gasteiger partial charge on any atom is -0.493 e. The Labute approximate surface area is 171 Å². The first-order valence-corrected chi connectivity index (χ1v) is 9.93. The Kier molecular flexibility index (Phi) is 5.64. The lowest BCUT2D eigenvalue weighted by Gasteiger charge is -2.13. The number of hydrogen-bond acceptors (Lipinski definition) is 7. The zero-order chi connectivity index (χ0) is 20.5. The fraction of sp³-hybridized carbons (Fsp3) is 0.111. The Balaban J connectivity index is 1.99. The van der Waals surface area contributed by atoms with Gasteiger partial charge in [0.1, 0.15) is 4.90 Å². The predicted molar refractivity (Wildman–Crippen MR) is 104 cm³/mol. The lowest BCUT2D eigenvalue weighted by Crippen LogP contribution is -2.11. The number of rotatable bonds is 5. The van der Waals surface area contributed by atoms with Gasteiger partial charge in [0.2, 0.25) is 5.75 Å². The molecule has 7 nitrogen and oxygen atoms in total. The van der Waals surface area contributed by atoms with Crippen LogP contribution in [0.4, 0.5) is 0 Å². The second-order valence-corrected chi connectivity index (χ2v) is 8.03. The van der Waals surface area contributed by atoms with Crippen molar-refractivity contribution in [1.29, 1.82) is 0 Å². The highest BCUT2D eigenvalue weighted by atomic mass is 35.5. The van der Waals surface area contributed by atoms with Gasteiger partial charge in [-0.25, -0.2) is 4.79 Å². The van der Waals surface area contributed by atoms with Crippen LogP contribution >= 0.6 is 23.2 Å². The molecule has 2 aromatic carbocycles. The van der Waals surface area contributed by atoms with Gasteiger partial charge in [-0.15, -0.1) is 0 Å². The van der Waals surface area contributed by atoms with E-state index in [-0.39, 0.29) is 27.0 Å². The fourth-order valence-corrected chi connectivity index (χ4v) is 3.74. The first-order valence-electron chi connectivity index (χ1n) is 7.77. The number of benzene rings is 2. The molecular formula is C18H13Cl2NO6S. The predicted octanol–water partition coefficient (Wildman–Crippen LogP) is 4.09. The second-order valence-electron chi connectivity index (χ2n) is 5.64. The largest absolute Gasteiger partial charge is 0.493 e. The molecule has 10 heteroatoms. The van der Waals surface area contributed by atoms with Crippen molar-refractivity contribution in [3.8, 4) is 11.5 Å².